The van der Waals surface area contributed by atoms with Crippen molar-refractivity contribution in [3.05, 3.63) is 89.0 Å². The largest absolute Gasteiger partial charge is 0.383 e. The number of aromatic nitrogens is 3. The number of nitrogens with two attached hydrogens (primary N) is 2. The van der Waals surface area contributed by atoms with Crippen molar-refractivity contribution < 1.29 is 14.0 Å². The van der Waals surface area contributed by atoms with Crippen LogP contribution in [0.3, 0.4) is 0 Å². The Bertz CT molecular complexity index is 1410. The fraction of sp³-hybridized carbons (Fsp3) is 0.0833. The quantitative estimate of drug-likeness (QED) is 0.447. The minimum Gasteiger partial charge on any atom is -0.383 e. The predicted octanol–water partition coefficient (Wildman–Crippen LogP) is 3.11. The highest BCUT2D eigenvalue weighted by molar-refractivity contribution is 6.07. The number of aryl methyl sites for hydroxylation is 1. The fourth-order valence-corrected chi connectivity index (χ4v) is 4.09. The first-order valence-corrected chi connectivity index (χ1v) is 10.2. The number of nitrogen functional groups attached to an aromatic ring is 1. The fourth-order valence-electron chi connectivity index (χ4n) is 4.09. The molecule has 0 radical (unpaired) electrons. The summed E-state index contributed by atoms with van der Waals surface area (Å²) in [4.78, 5) is 28.8. The molecule has 0 saturated heterocycles. The molecular formula is C24H19FN6O2. The van der Waals surface area contributed by atoms with Crippen LogP contribution < -0.4 is 16.8 Å². The molecule has 1 aliphatic carbocycles. The molecule has 0 atom stereocenters. The van der Waals surface area contributed by atoms with Gasteiger partial charge in [0, 0.05) is 23.0 Å². The van der Waals surface area contributed by atoms with E-state index in [1.54, 1.807) is 28.9 Å². The topological polar surface area (TPSA) is 129 Å². The summed E-state index contributed by atoms with van der Waals surface area (Å²) in [5.41, 5.74) is 16.2. The van der Waals surface area contributed by atoms with Crippen molar-refractivity contribution in [1.29, 1.82) is 0 Å². The molecular weight excluding hydrogens is 423 g/mol. The number of hydrogen-bond donors (Lipinski definition) is 3. The van der Waals surface area contributed by atoms with Crippen molar-refractivity contribution in [2.45, 2.75) is 12.8 Å². The molecule has 4 aromatic rings. The first-order valence-electron chi connectivity index (χ1n) is 10.2. The van der Waals surface area contributed by atoms with Gasteiger partial charge < -0.3 is 16.8 Å². The zero-order valence-electron chi connectivity index (χ0n) is 17.4. The molecule has 5 N–H and O–H groups in total. The second-order valence-electron chi connectivity index (χ2n) is 7.69. The summed E-state index contributed by atoms with van der Waals surface area (Å²) in [7, 11) is 0. The number of nitrogens with zero attached hydrogens (tertiary/aromatic N) is 3. The van der Waals surface area contributed by atoms with Gasteiger partial charge in [-0.3, -0.25) is 9.59 Å². The summed E-state index contributed by atoms with van der Waals surface area (Å²) in [5, 5.41) is 7.29. The van der Waals surface area contributed by atoms with Crippen LogP contribution in [-0.2, 0) is 12.8 Å². The Labute approximate surface area is 188 Å². The van der Waals surface area contributed by atoms with E-state index in [9.17, 15) is 14.0 Å². The van der Waals surface area contributed by atoms with E-state index in [1.807, 2.05) is 18.2 Å². The average Bonchev–Trinajstić information content (AvgIpc) is 3.20. The Hall–Kier alpha value is -4.53. The van der Waals surface area contributed by atoms with Crippen LogP contribution >= 0.6 is 0 Å². The molecule has 0 saturated carbocycles. The third-order valence-corrected chi connectivity index (χ3v) is 5.64. The third kappa shape index (κ3) is 3.59. The van der Waals surface area contributed by atoms with E-state index in [-0.39, 0.29) is 28.8 Å². The van der Waals surface area contributed by atoms with Gasteiger partial charge >= 0.3 is 0 Å². The smallest absolute Gasteiger partial charge is 0.269 e. The van der Waals surface area contributed by atoms with Crippen molar-refractivity contribution in [2.75, 3.05) is 11.1 Å². The van der Waals surface area contributed by atoms with Crippen molar-refractivity contribution in [2.24, 2.45) is 5.73 Å². The first kappa shape index (κ1) is 20.4. The molecule has 164 valence electrons. The van der Waals surface area contributed by atoms with Gasteiger partial charge in [0.1, 0.15) is 11.6 Å². The summed E-state index contributed by atoms with van der Waals surface area (Å²) in [6, 6.07) is 14.6. The SMILES string of the molecule is NC(=O)c1nn(-c2ccc(F)cc2)c2c1CCc1ccc(NC(=O)c3cccnc3N)cc1-2. The molecule has 8 nitrogen and oxygen atoms in total. The lowest BCUT2D eigenvalue weighted by Gasteiger charge is -2.20. The molecule has 0 unspecified atom stereocenters. The van der Waals surface area contributed by atoms with Gasteiger partial charge in [0.15, 0.2) is 5.69 Å². The number of carbonyl (C=O) groups excluding carboxylic acids is 2. The lowest BCUT2D eigenvalue weighted by molar-refractivity contribution is 0.0992. The van der Waals surface area contributed by atoms with Crippen molar-refractivity contribution >= 4 is 23.3 Å². The van der Waals surface area contributed by atoms with Gasteiger partial charge in [-0.15, -0.1) is 0 Å². The zero-order chi connectivity index (χ0) is 23.1. The summed E-state index contributed by atoms with van der Waals surface area (Å²) in [5.74, 6) is -1.26. The van der Waals surface area contributed by atoms with E-state index in [4.69, 9.17) is 11.5 Å². The second-order valence-corrected chi connectivity index (χ2v) is 7.69. The number of amides is 2. The van der Waals surface area contributed by atoms with E-state index >= 15 is 0 Å². The number of anilines is 2. The summed E-state index contributed by atoms with van der Waals surface area (Å²) in [6.45, 7) is 0. The highest BCUT2D eigenvalue weighted by Gasteiger charge is 2.28. The standard InChI is InChI=1S/C24H19FN6O2/c25-14-5-8-16(9-6-14)31-21-17(20(30-31)23(27)32)10-4-13-3-7-15(12-19(13)21)29-24(33)18-2-1-11-28-22(18)26/h1-3,5-9,11-12H,4,10H2,(H2,26,28)(H2,27,32)(H,29,33). The molecule has 5 rings (SSSR count). The van der Waals surface area contributed by atoms with Crippen LogP contribution in [0.25, 0.3) is 16.9 Å². The van der Waals surface area contributed by atoms with Gasteiger partial charge in [-0.25, -0.2) is 14.1 Å². The van der Waals surface area contributed by atoms with Gasteiger partial charge in [-0.1, -0.05) is 6.07 Å². The van der Waals surface area contributed by atoms with Gasteiger partial charge in [0.25, 0.3) is 11.8 Å². The van der Waals surface area contributed by atoms with Crippen molar-refractivity contribution in [1.82, 2.24) is 14.8 Å². The molecule has 0 spiro atoms. The van der Waals surface area contributed by atoms with Crippen molar-refractivity contribution in [3.8, 4) is 16.9 Å². The van der Waals surface area contributed by atoms with Crippen LogP contribution in [0.2, 0.25) is 0 Å². The molecule has 2 amide bonds. The van der Waals surface area contributed by atoms with Crippen LogP contribution in [0.15, 0.2) is 60.8 Å². The molecule has 9 heteroatoms. The second kappa shape index (κ2) is 7.86. The molecule has 0 fully saturated rings. The van der Waals surface area contributed by atoms with E-state index in [2.05, 4.69) is 15.4 Å². The highest BCUT2D eigenvalue weighted by Crippen LogP contribution is 2.38. The summed E-state index contributed by atoms with van der Waals surface area (Å²) >= 11 is 0. The Morgan fingerprint density at radius 3 is 2.58 bits per heavy atom. The number of hydrogen-bond acceptors (Lipinski definition) is 5. The molecule has 0 aliphatic heterocycles. The van der Waals surface area contributed by atoms with Crippen LogP contribution in [-0.4, -0.2) is 26.6 Å². The highest BCUT2D eigenvalue weighted by atomic mass is 19.1. The molecule has 2 aromatic carbocycles. The van der Waals surface area contributed by atoms with E-state index in [1.165, 1.54) is 18.3 Å². The predicted molar refractivity (Wildman–Crippen MR) is 121 cm³/mol. The molecule has 1 aliphatic rings. The number of fused-ring (bicyclic) bond motifs is 3. The van der Waals surface area contributed by atoms with E-state index < -0.39 is 5.91 Å². The lowest BCUT2D eigenvalue weighted by atomic mass is 9.88. The minimum absolute atomic E-state index is 0.135. The maximum atomic E-state index is 13.5. The Balaban J connectivity index is 1.61. The van der Waals surface area contributed by atoms with Crippen LogP contribution in [0.5, 0.6) is 0 Å². The molecule has 0 bridgehead atoms. The van der Waals surface area contributed by atoms with E-state index in [0.29, 0.717) is 29.9 Å². The molecule has 2 heterocycles. The van der Waals surface area contributed by atoms with Gasteiger partial charge in [-0.05, 0) is 66.9 Å². The van der Waals surface area contributed by atoms with Gasteiger partial charge in [0.2, 0.25) is 0 Å². The van der Waals surface area contributed by atoms with Gasteiger partial charge in [0.05, 0.1) is 16.9 Å². The maximum Gasteiger partial charge on any atom is 0.269 e. The number of benzene rings is 2. The van der Waals surface area contributed by atoms with Crippen LogP contribution in [0, 0.1) is 5.82 Å². The van der Waals surface area contributed by atoms with Crippen LogP contribution in [0.1, 0.15) is 32.0 Å². The number of pyridine rings is 1. The number of rotatable bonds is 4. The summed E-state index contributed by atoms with van der Waals surface area (Å²) < 4.78 is 15.1. The number of halogens is 1. The van der Waals surface area contributed by atoms with E-state index in [0.717, 1.165) is 16.7 Å². The first-order chi connectivity index (χ1) is 15.9. The third-order valence-electron chi connectivity index (χ3n) is 5.64. The number of primary amides is 1. The zero-order valence-corrected chi connectivity index (χ0v) is 17.4. The molecule has 33 heavy (non-hydrogen) atoms. The lowest BCUT2D eigenvalue weighted by Crippen LogP contribution is -2.16. The molecule has 2 aromatic heterocycles. The maximum absolute atomic E-state index is 13.5. The van der Waals surface area contributed by atoms with Crippen molar-refractivity contribution in [3.63, 3.8) is 0 Å². The number of nitrogens with one attached hydrogen (secondary N) is 1. The summed E-state index contributed by atoms with van der Waals surface area (Å²) in [6.07, 6.45) is 2.78. The minimum atomic E-state index is -0.632. The number of carbonyl (C=O) groups is 2. The normalized spacial score (nSPS) is 12.0. The monoisotopic (exact) mass is 442 g/mol. The Morgan fingerprint density at radius 2 is 1.85 bits per heavy atom. The Kier molecular flexibility index (Phi) is 4.86. The average molecular weight is 442 g/mol. The van der Waals surface area contributed by atoms with Gasteiger partial charge in [-0.2, -0.15) is 5.10 Å². The van der Waals surface area contributed by atoms with Crippen LogP contribution in [0.4, 0.5) is 15.9 Å². The Morgan fingerprint density at radius 1 is 1.06 bits per heavy atom.